The van der Waals surface area contributed by atoms with Gasteiger partial charge in [-0.1, -0.05) is 32.4 Å². The van der Waals surface area contributed by atoms with Gasteiger partial charge in [-0.25, -0.2) is 22.9 Å². The highest BCUT2D eigenvalue weighted by Gasteiger charge is 2.17. The molecule has 0 aliphatic heterocycles. The van der Waals surface area contributed by atoms with Gasteiger partial charge < -0.3 is 9.72 Å². The molecule has 0 saturated carbocycles. The number of aryl methyl sites for hydroxylation is 1. The number of hydrogen-bond acceptors (Lipinski definition) is 7. The molecule has 1 atom stereocenters. The van der Waals surface area contributed by atoms with Gasteiger partial charge in [0.25, 0.3) is 5.56 Å². The molecule has 3 aromatic rings. The van der Waals surface area contributed by atoms with Crippen molar-refractivity contribution in [3.63, 3.8) is 0 Å². The number of hydrogen-bond donors (Lipinski definition) is 2. The van der Waals surface area contributed by atoms with E-state index in [0.29, 0.717) is 33.9 Å². The summed E-state index contributed by atoms with van der Waals surface area (Å²) < 4.78 is 30.0. The summed E-state index contributed by atoms with van der Waals surface area (Å²) in [6, 6.07) is 6.75. The van der Waals surface area contributed by atoms with Gasteiger partial charge >= 0.3 is 5.97 Å². The van der Waals surface area contributed by atoms with Crippen molar-refractivity contribution in [1.82, 2.24) is 14.7 Å². The maximum Gasteiger partial charge on any atom is 0.338 e. The Kier molecular flexibility index (Phi) is 8.04. The summed E-state index contributed by atoms with van der Waals surface area (Å²) >= 11 is 1.49. The molecule has 1 aromatic carbocycles. The van der Waals surface area contributed by atoms with Crippen LogP contribution in [0.1, 0.15) is 52.5 Å². The Labute approximate surface area is 197 Å². The highest BCUT2D eigenvalue weighted by molar-refractivity contribution is 7.88. The van der Waals surface area contributed by atoms with E-state index in [1.807, 2.05) is 6.92 Å². The van der Waals surface area contributed by atoms with E-state index in [4.69, 9.17) is 4.74 Å². The van der Waals surface area contributed by atoms with Crippen molar-refractivity contribution >= 4 is 37.5 Å². The summed E-state index contributed by atoms with van der Waals surface area (Å²) in [5, 5.41) is 0.633. The largest absolute Gasteiger partial charge is 0.454 e. The minimum absolute atomic E-state index is 0.137. The van der Waals surface area contributed by atoms with Crippen molar-refractivity contribution in [3.8, 4) is 0 Å². The summed E-state index contributed by atoms with van der Waals surface area (Å²) in [7, 11) is -3.23. The highest BCUT2D eigenvalue weighted by atomic mass is 32.2. The van der Waals surface area contributed by atoms with E-state index in [1.165, 1.54) is 11.3 Å². The lowest BCUT2D eigenvalue weighted by Gasteiger charge is -2.08. The van der Waals surface area contributed by atoms with Gasteiger partial charge in [0, 0.05) is 11.4 Å². The minimum atomic E-state index is -3.23. The van der Waals surface area contributed by atoms with Crippen molar-refractivity contribution in [2.75, 3.05) is 12.8 Å². The Bertz CT molecular complexity index is 1290. The number of aromatic nitrogens is 2. The van der Waals surface area contributed by atoms with Gasteiger partial charge in [0.1, 0.15) is 17.3 Å². The standard InChI is InChI=1S/C23H29N3O5S2/c1-5-14(2)12-18-15(3)32-22-20(18)21(27)25-19(26-22)13-31-23(28)17-8-6-16(7-9-17)10-11-24-33(4,29)30/h6-9,14,24H,5,10-13H2,1-4H3,(H,25,26,27)/t14-/m1/s1. The number of thiophene rings is 1. The predicted molar refractivity (Wildman–Crippen MR) is 130 cm³/mol. The number of nitrogens with one attached hydrogen (secondary N) is 2. The number of carbonyl (C=O) groups is 1. The summed E-state index contributed by atoms with van der Waals surface area (Å²) in [5.74, 6) is 0.253. The van der Waals surface area contributed by atoms with Crippen LogP contribution in [0.5, 0.6) is 0 Å². The Balaban J connectivity index is 1.65. The molecule has 0 bridgehead atoms. The molecule has 0 amide bonds. The van der Waals surface area contributed by atoms with E-state index >= 15 is 0 Å². The van der Waals surface area contributed by atoms with Gasteiger partial charge in [0.05, 0.1) is 17.2 Å². The second-order valence-corrected chi connectivity index (χ2v) is 11.3. The monoisotopic (exact) mass is 491 g/mol. The molecule has 0 fully saturated rings. The van der Waals surface area contributed by atoms with E-state index in [0.717, 1.165) is 35.1 Å². The lowest BCUT2D eigenvalue weighted by molar-refractivity contribution is 0.0462. The van der Waals surface area contributed by atoms with E-state index in [-0.39, 0.29) is 18.7 Å². The average Bonchev–Trinajstić information content (AvgIpc) is 3.06. The van der Waals surface area contributed by atoms with E-state index in [9.17, 15) is 18.0 Å². The van der Waals surface area contributed by atoms with E-state index < -0.39 is 16.0 Å². The molecule has 2 heterocycles. The Hall–Kier alpha value is -2.56. The Morgan fingerprint density at radius 2 is 1.97 bits per heavy atom. The van der Waals surface area contributed by atoms with Crippen molar-refractivity contribution in [2.24, 2.45) is 5.92 Å². The van der Waals surface area contributed by atoms with Gasteiger partial charge in [-0.15, -0.1) is 11.3 Å². The zero-order valence-corrected chi connectivity index (χ0v) is 20.9. The Morgan fingerprint density at radius 1 is 1.27 bits per heavy atom. The van der Waals surface area contributed by atoms with Crippen LogP contribution in [0.25, 0.3) is 10.2 Å². The highest BCUT2D eigenvalue weighted by Crippen LogP contribution is 2.29. The molecule has 2 aromatic heterocycles. The van der Waals surface area contributed by atoms with Gasteiger partial charge in [-0.2, -0.15) is 0 Å². The summed E-state index contributed by atoms with van der Waals surface area (Å²) in [4.78, 5) is 34.2. The van der Waals surface area contributed by atoms with Gasteiger partial charge in [0.2, 0.25) is 10.0 Å². The summed E-state index contributed by atoms with van der Waals surface area (Å²) in [6.07, 6.45) is 3.49. The topological polar surface area (TPSA) is 118 Å². The van der Waals surface area contributed by atoms with E-state index in [1.54, 1.807) is 24.3 Å². The molecule has 0 radical (unpaired) electrons. The second-order valence-electron chi connectivity index (χ2n) is 8.24. The van der Waals surface area contributed by atoms with Crippen LogP contribution in [0.15, 0.2) is 29.1 Å². The third-order valence-electron chi connectivity index (χ3n) is 5.47. The number of fused-ring (bicyclic) bond motifs is 1. The third-order valence-corrected chi connectivity index (χ3v) is 7.24. The lowest BCUT2D eigenvalue weighted by Crippen LogP contribution is -2.24. The van der Waals surface area contributed by atoms with Crippen LogP contribution in [-0.2, 0) is 34.2 Å². The molecular weight excluding hydrogens is 462 g/mol. The first kappa shape index (κ1) is 25.1. The minimum Gasteiger partial charge on any atom is -0.454 e. The van der Waals surface area contributed by atoms with Crippen LogP contribution in [0.4, 0.5) is 0 Å². The van der Waals surface area contributed by atoms with Crippen molar-refractivity contribution in [3.05, 3.63) is 62.0 Å². The maximum absolute atomic E-state index is 12.7. The summed E-state index contributed by atoms with van der Waals surface area (Å²) in [6.45, 7) is 6.45. The van der Waals surface area contributed by atoms with Crippen LogP contribution < -0.4 is 10.3 Å². The van der Waals surface area contributed by atoms with Crippen LogP contribution in [-0.4, -0.2) is 37.2 Å². The number of benzene rings is 1. The van der Waals surface area contributed by atoms with Crippen LogP contribution in [0.2, 0.25) is 0 Å². The molecule has 0 saturated heterocycles. The van der Waals surface area contributed by atoms with Gasteiger partial charge in [0.15, 0.2) is 0 Å². The maximum atomic E-state index is 12.7. The van der Waals surface area contributed by atoms with Crippen LogP contribution >= 0.6 is 11.3 Å². The molecular formula is C23H29N3O5S2. The smallest absolute Gasteiger partial charge is 0.338 e. The molecule has 3 rings (SSSR count). The lowest BCUT2D eigenvalue weighted by atomic mass is 9.98. The van der Waals surface area contributed by atoms with Gasteiger partial charge in [-0.05, 0) is 48.9 Å². The molecule has 2 N–H and O–H groups in total. The molecule has 178 valence electrons. The molecule has 0 aliphatic carbocycles. The number of rotatable bonds is 10. The average molecular weight is 492 g/mol. The molecule has 0 aliphatic rings. The van der Waals surface area contributed by atoms with Gasteiger partial charge in [-0.3, -0.25) is 4.79 Å². The fraction of sp³-hybridized carbons (Fsp3) is 0.435. The van der Waals surface area contributed by atoms with Crippen molar-refractivity contribution < 1.29 is 17.9 Å². The number of H-pyrrole nitrogens is 1. The first-order valence-corrected chi connectivity index (χ1v) is 13.5. The number of aromatic amines is 1. The first-order chi connectivity index (χ1) is 15.6. The fourth-order valence-electron chi connectivity index (χ4n) is 3.43. The first-order valence-electron chi connectivity index (χ1n) is 10.8. The fourth-order valence-corrected chi connectivity index (χ4v) is 4.98. The quantitative estimate of drug-likeness (QED) is 0.420. The zero-order valence-electron chi connectivity index (χ0n) is 19.2. The zero-order chi connectivity index (χ0) is 24.2. The molecule has 0 unspecified atom stereocenters. The molecule has 33 heavy (non-hydrogen) atoms. The Morgan fingerprint density at radius 3 is 2.61 bits per heavy atom. The number of esters is 1. The normalized spacial score (nSPS) is 12.7. The SMILES string of the molecule is CC[C@@H](C)Cc1c(C)sc2nc(COC(=O)c3ccc(CCNS(C)(=O)=O)cc3)[nH]c(=O)c12. The third kappa shape index (κ3) is 6.72. The summed E-state index contributed by atoms with van der Waals surface area (Å²) in [5.41, 5.74) is 2.09. The van der Waals surface area contributed by atoms with E-state index in [2.05, 4.69) is 28.5 Å². The number of carbonyl (C=O) groups excluding carboxylic acids is 1. The van der Waals surface area contributed by atoms with Crippen molar-refractivity contribution in [1.29, 1.82) is 0 Å². The number of ether oxygens (including phenoxy) is 1. The van der Waals surface area contributed by atoms with Crippen LogP contribution in [0.3, 0.4) is 0 Å². The molecule has 0 spiro atoms. The van der Waals surface area contributed by atoms with Crippen molar-refractivity contribution in [2.45, 2.75) is 46.6 Å². The molecule has 8 nitrogen and oxygen atoms in total. The predicted octanol–water partition coefficient (Wildman–Crippen LogP) is 3.33. The van der Waals surface area contributed by atoms with Crippen LogP contribution in [0, 0.1) is 12.8 Å². The second kappa shape index (κ2) is 10.6. The molecule has 10 heteroatoms. The number of nitrogens with zero attached hydrogens (tertiary/aromatic N) is 1. The number of sulfonamides is 1.